The van der Waals surface area contributed by atoms with Crippen LogP contribution >= 0.6 is 0 Å². The highest BCUT2D eigenvalue weighted by molar-refractivity contribution is 6.10. The largest absolute Gasteiger partial charge is 0.368 e. The molecule has 1 heterocycles. The summed E-state index contributed by atoms with van der Waals surface area (Å²) in [5.41, 5.74) is 25.9. The fourth-order valence-electron chi connectivity index (χ4n) is 13.7. The molecule has 83 heavy (non-hydrogen) atoms. The standard InChI is InChI=1S/C79H58N2O2/c1-3-15-55(16-4-1)56-31-40-64(41-32-56)80(65-42-33-57(34-43-65)58-35-46-76-72(47-58)71-24-12-14-26-75(71)81(76)63-19-5-2-6-20-63)66-44-45-70-69-23-11-13-25-73(69)79(74(70)50-66,61-36-27-53(28-37-61)51-82-77-48-59-17-7-9-21-67(59)77)62-38-29-54(30-39-62)52-83-78-49-60-18-8-10-22-68(60)78/h1-47,50,77-78H,48-49,51-52H2. The summed E-state index contributed by atoms with van der Waals surface area (Å²) in [6, 6.07) is 107. The minimum atomic E-state index is -0.657. The van der Waals surface area contributed by atoms with E-state index < -0.39 is 5.41 Å². The minimum absolute atomic E-state index is 0.128. The van der Waals surface area contributed by atoms with Gasteiger partial charge >= 0.3 is 0 Å². The van der Waals surface area contributed by atoms with Crippen LogP contribution in [-0.4, -0.2) is 4.57 Å². The Balaban J connectivity index is 0.809. The Morgan fingerprint density at radius 2 is 0.843 bits per heavy atom. The van der Waals surface area contributed by atoms with Gasteiger partial charge in [0.1, 0.15) is 0 Å². The lowest BCUT2D eigenvalue weighted by molar-refractivity contribution is 0.0243. The van der Waals surface area contributed by atoms with Crippen LogP contribution in [-0.2, 0) is 40.9 Å². The van der Waals surface area contributed by atoms with E-state index >= 15 is 0 Å². The predicted octanol–water partition coefficient (Wildman–Crippen LogP) is 19.6. The van der Waals surface area contributed by atoms with Crippen LogP contribution < -0.4 is 4.90 Å². The maximum absolute atomic E-state index is 6.58. The number of hydrogen-bond acceptors (Lipinski definition) is 3. The van der Waals surface area contributed by atoms with Gasteiger partial charge in [-0.25, -0.2) is 0 Å². The van der Waals surface area contributed by atoms with E-state index in [0.29, 0.717) is 13.2 Å². The van der Waals surface area contributed by atoms with E-state index in [4.69, 9.17) is 9.47 Å². The fourth-order valence-corrected chi connectivity index (χ4v) is 13.7. The number of rotatable bonds is 14. The summed E-state index contributed by atoms with van der Waals surface area (Å²) in [4.78, 5) is 2.43. The van der Waals surface area contributed by atoms with Crippen LogP contribution in [0, 0.1) is 0 Å². The molecule has 4 nitrogen and oxygen atoms in total. The van der Waals surface area contributed by atoms with Crippen LogP contribution in [0.1, 0.15) is 67.8 Å². The first kappa shape index (κ1) is 49.0. The number of hydrogen-bond donors (Lipinski definition) is 0. The molecule has 396 valence electrons. The number of anilines is 3. The van der Waals surface area contributed by atoms with Crippen LogP contribution in [0.3, 0.4) is 0 Å². The molecule has 3 aliphatic carbocycles. The average Bonchev–Trinajstić information content (AvgIpc) is 1.78. The van der Waals surface area contributed by atoms with Crippen molar-refractivity contribution < 1.29 is 9.47 Å². The van der Waals surface area contributed by atoms with Crippen molar-refractivity contribution in [2.24, 2.45) is 0 Å². The van der Waals surface area contributed by atoms with Gasteiger partial charge in [-0.3, -0.25) is 0 Å². The second-order valence-corrected chi connectivity index (χ2v) is 22.5. The van der Waals surface area contributed by atoms with E-state index in [-0.39, 0.29) is 12.2 Å². The number of fused-ring (bicyclic) bond motifs is 8. The summed E-state index contributed by atoms with van der Waals surface area (Å²) in [5.74, 6) is 0. The highest BCUT2D eigenvalue weighted by Gasteiger charge is 2.46. The van der Waals surface area contributed by atoms with Crippen LogP contribution in [0.25, 0.3) is 60.9 Å². The van der Waals surface area contributed by atoms with E-state index in [2.05, 4.69) is 301 Å². The zero-order chi connectivity index (χ0) is 54.8. The zero-order valence-electron chi connectivity index (χ0n) is 45.9. The lowest BCUT2D eigenvalue weighted by atomic mass is 9.67. The summed E-state index contributed by atoms with van der Waals surface area (Å²) in [6.45, 7) is 1.10. The molecule has 0 bridgehead atoms. The van der Waals surface area contributed by atoms with Gasteiger partial charge in [0.25, 0.3) is 0 Å². The van der Waals surface area contributed by atoms with E-state index in [9.17, 15) is 0 Å². The Morgan fingerprint density at radius 1 is 0.361 bits per heavy atom. The smallest absolute Gasteiger partial charge is 0.0872 e. The first-order valence-electron chi connectivity index (χ1n) is 29.1. The third-order valence-corrected chi connectivity index (χ3v) is 18.0. The van der Waals surface area contributed by atoms with Gasteiger partial charge < -0.3 is 18.9 Å². The molecule has 2 unspecified atom stereocenters. The normalized spacial score (nSPS) is 16.3. The van der Waals surface area contributed by atoms with Gasteiger partial charge in [0.05, 0.1) is 41.9 Å². The number of aromatic nitrogens is 1. The third-order valence-electron chi connectivity index (χ3n) is 18.0. The van der Waals surface area contributed by atoms with Gasteiger partial charge in [-0.2, -0.15) is 0 Å². The Kier molecular flexibility index (Phi) is 12.0. The molecule has 2 atom stereocenters. The summed E-state index contributed by atoms with van der Waals surface area (Å²) in [7, 11) is 0. The van der Waals surface area contributed by atoms with Gasteiger partial charge in [-0.05, 0) is 156 Å². The van der Waals surface area contributed by atoms with Gasteiger partial charge in [0.15, 0.2) is 0 Å². The van der Waals surface area contributed by atoms with Crippen LogP contribution in [0.4, 0.5) is 17.1 Å². The highest BCUT2D eigenvalue weighted by atomic mass is 16.5. The highest BCUT2D eigenvalue weighted by Crippen LogP contribution is 2.58. The number of ether oxygens (including phenoxy) is 2. The molecule has 0 saturated heterocycles. The molecule has 0 amide bonds. The van der Waals surface area contributed by atoms with Gasteiger partial charge in [-0.1, -0.05) is 224 Å². The van der Waals surface area contributed by atoms with Crippen LogP contribution in [0.5, 0.6) is 0 Å². The molecule has 12 aromatic carbocycles. The molecule has 0 N–H and O–H groups in total. The van der Waals surface area contributed by atoms with E-state index in [1.807, 2.05) is 0 Å². The summed E-state index contributed by atoms with van der Waals surface area (Å²) >= 11 is 0. The second-order valence-electron chi connectivity index (χ2n) is 22.5. The van der Waals surface area contributed by atoms with Gasteiger partial charge in [-0.15, -0.1) is 0 Å². The van der Waals surface area contributed by atoms with E-state index in [0.717, 1.165) is 52.3 Å². The molecular formula is C79H58N2O2. The summed E-state index contributed by atoms with van der Waals surface area (Å²) in [5, 5.41) is 2.48. The quantitative estimate of drug-likeness (QED) is 0.109. The first-order valence-corrected chi connectivity index (χ1v) is 29.1. The molecule has 13 aromatic rings. The maximum Gasteiger partial charge on any atom is 0.0872 e. The molecule has 1 aromatic heterocycles. The number of benzene rings is 12. The molecule has 0 aliphatic heterocycles. The van der Waals surface area contributed by atoms with E-state index in [1.54, 1.807) is 0 Å². The Hall–Kier alpha value is -9.84. The maximum atomic E-state index is 6.58. The third kappa shape index (κ3) is 8.36. The van der Waals surface area contributed by atoms with Crippen molar-refractivity contribution in [3.05, 3.63) is 347 Å². The molecule has 0 saturated carbocycles. The van der Waals surface area contributed by atoms with Crippen molar-refractivity contribution >= 4 is 38.9 Å². The molecule has 0 fully saturated rings. The fraction of sp³-hybridized carbons (Fsp3) is 0.0886. The molecule has 0 spiro atoms. The van der Waals surface area contributed by atoms with Gasteiger partial charge in [0.2, 0.25) is 0 Å². The zero-order valence-corrected chi connectivity index (χ0v) is 45.9. The van der Waals surface area contributed by atoms with Crippen LogP contribution in [0.2, 0.25) is 0 Å². The summed E-state index contributed by atoms with van der Waals surface area (Å²) < 4.78 is 15.5. The van der Waals surface area contributed by atoms with Gasteiger partial charge in [0, 0.05) is 46.4 Å². The van der Waals surface area contributed by atoms with Crippen molar-refractivity contribution in [2.75, 3.05) is 4.90 Å². The van der Waals surface area contributed by atoms with Crippen molar-refractivity contribution in [3.8, 4) is 39.1 Å². The predicted molar refractivity (Wildman–Crippen MR) is 339 cm³/mol. The molecule has 3 aliphatic rings. The van der Waals surface area contributed by atoms with E-state index in [1.165, 1.54) is 94.1 Å². The van der Waals surface area contributed by atoms with Crippen molar-refractivity contribution in [3.63, 3.8) is 0 Å². The Labute approximate surface area is 484 Å². The van der Waals surface area contributed by atoms with Crippen molar-refractivity contribution in [1.29, 1.82) is 0 Å². The van der Waals surface area contributed by atoms with Crippen LogP contribution in [0.15, 0.2) is 291 Å². The molecule has 4 heteroatoms. The first-order chi connectivity index (χ1) is 41.1. The van der Waals surface area contributed by atoms with Crippen molar-refractivity contribution in [2.45, 2.75) is 43.7 Å². The summed E-state index contributed by atoms with van der Waals surface area (Å²) in [6.07, 6.45) is 2.17. The SMILES string of the molecule is c1ccc(-c2ccc(N(c3ccc(-c4ccc5c(c4)c4ccccc4n5-c4ccccc4)cc3)c3ccc4c(c3)C(c3ccc(COC5Cc6ccccc65)cc3)(c3ccc(COC5Cc6ccccc65)cc3)c3ccccc3-4)cc2)cc1. The monoisotopic (exact) mass is 1070 g/mol. The molecule has 0 radical (unpaired) electrons. The Morgan fingerprint density at radius 3 is 1.47 bits per heavy atom. The lowest BCUT2D eigenvalue weighted by Gasteiger charge is -2.35. The lowest BCUT2D eigenvalue weighted by Crippen LogP contribution is -2.29. The minimum Gasteiger partial charge on any atom is -0.368 e. The number of nitrogens with zero attached hydrogens (tertiary/aromatic N) is 2. The van der Waals surface area contributed by atoms with Crippen molar-refractivity contribution in [1.82, 2.24) is 4.57 Å². The average molecular weight is 1070 g/mol. The molecular weight excluding hydrogens is 1010 g/mol. The topological polar surface area (TPSA) is 26.6 Å². The second kappa shape index (κ2) is 20.3. The Bertz CT molecular complexity index is 4440. The number of para-hydroxylation sites is 2. The molecule has 16 rings (SSSR count).